The predicted molar refractivity (Wildman–Crippen MR) is 98.3 cm³/mol. The van der Waals surface area contributed by atoms with Crippen LogP contribution in [0.15, 0.2) is 30.3 Å². The van der Waals surface area contributed by atoms with Gasteiger partial charge in [0, 0.05) is 0 Å². The molecule has 0 radical (unpaired) electrons. The molecule has 1 aromatic carbocycles. The van der Waals surface area contributed by atoms with E-state index in [1.165, 1.54) is 12.1 Å². The van der Waals surface area contributed by atoms with E-state index in [0.29, 0.717) is 0 Å². The van der Waals surface area contributed by atoms with E-state index in [1.807, 2.05) is 0 Å². The predicted octanol–water partition coefficient (Wildman–Crippen LogP) is -3.53. The molecule has 0 unspecified atom stereocenters. The Bertz CT molecular complexity index is 713. The molecular formula is C19H26O12. The van der Waals surface area contributed by atoms with Crippen LogP contribution in [0.3, 0.4) is 0 Å². The number of hydrogen-bond donors (Lipinski definition) is 7. The van der Waals surface area contributed by atoms with E-state index in [4.69, 9.17) is 18.9 Å². The highest BCUT2D eigenvalue weighted by Crippen LogP contribution is 2.29. The molecule has 10 atom stereocenters. The van der Waals surface area contributed by atoms with Crippen molar-refractivity contribution in [2.24, 2.45) is 0 Å². The van der Waals surface area contributed by atoms with Gasteiger partial charge in [-0.3, -0.25) is 0 Å². The normalized spacial score (nSPS) is 41.0. The van der Waals surface area contributed by atoms with Crippen molar-refractivity contribution in [1.82, 2.24) is 0 Å². The van der Waals surface area contributed by atoms with E-state index in [0.717, 1.165) is 0 Å². The first kappa shape index (κ1) is 23.9. The standard InChI is InChI=1S/C19H26O12/c20-6-9-11(22)12(23)14(25)18(28-9)30-16-10(7-21)29-19(15(26)13(16)24)31-17(27)8-4-2-1-3-5-8/h1-5,9-16,18-26H,6-7H2/t9-,10-,11-,12+,13-,14-,15-,16-,18-,19+/m1/s1. The minimum atomic E-state index is -1.79. The zero-order valence-corrected chi connectivity index (χ0v) is 16.2. The Kier molecular flexibility index (Phi) is 7.93. The molecule has 2 aliphatic rings. The van der Waals surface area contributed by atoms with Gasteiger partial charge in [0.15, 0.2) is 6.29 Å². The van der Waals surface area contributed by atoms with Crippen LogP contribution in [0, 0.1) is 0 Å². The first-order valence-electron chi connectivity index (χ1n) is 9.63. The molecule has 12 heteroatoms. The fraction of sp³-hybridized carbons (Fsp3) is 0.632. The van der Waals surface area contributed by atoms with Crippen LogP contribution in [-0.2, 0) is 18.9 Å². The van der Waals surface area contributed by atoms with Gasteiger partial charge in [-0.2, -0.15) is 0 Å². The number of rotatable bonds is 6. The summed E-state index contributed by atoms with van der Waals surface area (Å²) in [6.45, 7) is -1.43. The number of aliphatic hydroxyl groups is 7. The molecule has 0 aliphatic carbocycles. The van der Waals surface area contributed by atoms with Crippen molar-refractivity contribution in [3.05, 3.63) is 35.9 Å². The summed E-state index contributed by atoms with van der Waals surface area (Å²) in [6, 6.07) is 7.84. The Labute approximate surface area is 176 Å². The highest BCUT2D eigenvalue weighted by molar-refractivity contribution is 5.89. The second-order valence-electron chi connectivity index (χ2n) is 7.28. The quantitative estimate of drug-likeness (QED) is 0.213. The number of ether oxygens (including phenoxy) is 4. The zero-order chi connectivity index (χ0) is 22.7. The van der Waals surface area contributed by atoms with Crippen LogP contribution in [0.5, 0.6) is 0 Å². The highest BCUT2D eigenvalue weighted by atomic mass is 16.7. The van der Waals surface area contributed by atoms with E-state index < -0.39 is 80.6 Å². The maximum Gasteiger partial charge on any atom is 0.340 e. The van der Waals surface area contributed by atoms with Gasteiger partial charge in [0.1, 0.15) is 48.8 Å². The van der Waals surface area contributed by atoms with E-state index in [2.05, 4.69) is 0 Å². The van der Waals surface area contributed by atoms with Gasteiger partial charge >= 0.3 is 5.97 Å². The number of carbonyl (C=O) groups is 1. The third-order valence-corrected chi connectivity index (χ3v) is 5.19. The summed E-state index contributed by atoms with van der Waals surface area (Å²) in [4.78, 5) is 12.2. The molecule has 3 rings (SSSR count). The van der Waals surface area contributed by atoms with Crippen molar-refractivity contribution < 1.29 is 59.5 Å². The Morgan fingerprint density at radius 2 is 1.35 bits per heavy atom. The Hall–Kier alpha value is -1.71. The van der Waals surface area contributed by atoms with Gasteiger partial charge in [-0.05, 0) is 12.1 Å². The van der Waals surface area contributed by atoms with Crippen LogP contribution in [0.4, 0.5) is 0 Å². The zero-order valence-electron chi connectivity index (χ0n) is 16.2. The minimum absolute atomic E-state index is 0.174. The molecule has 1 aromatic rings. The van der Waals surface area contributed by atoms with Crippen LogP contribution < -0.4 is 0 Å². The lowest BCUT2D eigenvalue weighted by atomic mass is 9.97. The molecule has 2 fully saturated rings. The molecule has 0 aromatic heterocycles. The van der Waals surface area contributed by atoms with E-state index in [-0.39, 0.29) is 5.56 Å². The summed E-state index contributed by atoms with van der Waals surface area (Å²) >= 11 is 0. The van der Waals surface area contributed by atoms with Crippen LogP contribution in [0.1, 0.15) is 10.4 Å². The molecule has 2 heterocycles. The van der Waals surface area contributed by atoms with Crippen LogP contribution >= 0.6 is 0 Å². The monoisotopic (exact) mass is 446 g/mol. The lowest BCUT2D eigenvalue weighted by Crippen LogP contribution is -2.64. The summed E-state index contributed by atoms with van der Waals surface area (Å²) in [6.07, 6.45) is -16.0. The van der Waals surface area contributed by atoms with Crippen molar-refractivity contribution in [1.29, 1.82) is 0 Å². The third-order valence-electron chi connectivity index (χ3n) is 5.19. The molecule has 0 amide bonds. The molecule has 12 nitrogen and oxygen atoms in total. The van der Waals surface area contributed by atoms with Gasteiger partial charge in [0.25, 0.3) is 0 Å². The van der Waals surface area contributed by atoms with E-state index in [9.17, 15) is 40.5 Å². The van der Waals surface area contributed by atoms with Crippen molar-refractivity contribution in [3.8, 4) is 0 Å². The summed E-state index contributed by atoms with van der Waals surface area (Å²) in [5, 5.41) is 69.6. The van der Waals surface area contributed by atoms with Gasteiger partial charge in [0.05, 0.1) is 18.8 Å². The van der Waals surface area contributed by atoms with E-state index in [1.54, 1.807) is 18.2 Å². The second-order valence-corrected chi connectivity index (χ2v) is 7.28. The Balaban J connectivity index is 1.70. The lowest BCUT2D eigenvalue weighted by molar-refractivity contribution is -0.354. The summed E-state index contributed by atoms with van der Waals surface area (Å²) in [5.74, 6) is -0.832. The van der Waals surface area contributed by atoms with Gasteiger partial charge in [-0.25, -0.2) is 4.79 Å². The molecule has 31 heavy (non-hydrogen) atoms. The largest absolute Gasteiger partial charge is 0.429 e. The number of hydrogen-bond acceptors (Lipinski definition) is 12. The van der Waals surface area contributed by atoms with Crippen LogP contribution in [-0.4, -0.2) is 116 Å². The maximum absolute atomic E-state index is 12.2. The van der Waals surface area contributed by atoms with Gasteiger partial charge < -0.3 is 54.7 Å². The summed E-state index contributed by atoms with van der Waals surface area (Å²) in [5.41, 5.74) is 0.174. The maximum atomic E-state index is 12.2. The number of benzene rings is 1. The number of aliphatic hydroxyl groups excluding tert-OH is 7. The molecule has 2 saturated heterocycles. The SMILES string of the molecule is O=C(O[C@@H]1O[C@H](CO)[C@@H](O[C@H]2O[C@H](CO)[C@@H](O)[C@H](O)[C@H]2O)[C@H](O)[C@H]1O)c1ccccc1. The topological polar surface area (TPSA) is 196 Å². The average molecular weight is 446 g/mol. The molecule has 7 N–H and O–H groups in total. The lowest BCUT2D eigenvalue weighted by Gasteiger charge is -2.45. The fourth-order valence-corrected chi connectivity index (χ4v) is 3.40. The van der Waals surface area contributed by atoms with Crippen LogP contribution in [0.2, 0.25) is 0 Å². The molecule has 0 spiro atoms. The van der Waals surface area contributed by atoms with Gasteiger partial charge in [-0.1, -0.05) is 18.2 Å². The number of esters is 1. The van der Waals surface area contributed by atoms with Crippen molar-refractivity contribution >= 4 is 5.97 Å². The van der Waals surface area contributed by atoms with Crippen molar-refractivity contribution in [3.63, 3.8) is 0 Å². The minimum Gasteiger partial charge on any atom is -0.429 e. The van der Waals surface area contributed by atoms with Crippen molar-refractivity contribution in [2.45, 2.75) is 61.4 Å². The van der Waals surface area contributed by atoms with Crippen LogP contribution in [0.25, 0.3) is 0 Å². The molecular weight excluding hydrogens is 420 g/mol. The molecule has 0 saturated carbocycles. The Morgan fingerprint density at radius 3 is 1.97 bits per heavy atom. The van der Waals surface area contributed by atoms with E-state index >= 15 is 0 Å². The first-order chi connectivity index (χ1) is 14.8. The third kappa shape index (κ3) is 5.04. The number of carbonyl (C=O) groups excluding carboxylic acids is 1. The highest BCUT2D eigenvalue weighted by Gasteiger charge is 2.51. The Morgan fingerprint density at radius 1 is 0.774 bits per heavy atom. The first-order valence-corrected chi connectivity index (χ1v) is 9.63. The average Bonchev–Trinajstić information content (AvgIpc) is 2.79. The second kappa shape index (κ2) is 10.3. The molecule has 2 aliphatic heterocycles. The van der Waals surface area contributed by atoms with Gasteiger partial charge in [-0.15, -0.1) is 0 Å². The molecule has 0 bridgehead atoms. The molecule has 174 valence electrons. The smallest absolute Gasteiger partial charge is 0.340 e. The summed E-state index contributed by atoms with van der Waals surface area (Å²) < 4.78 is 21.1. The van der Waals surface area contributed by atoms with Crippen molar-refractivity contribution in [2.75, 3.05) is 13.2 Å². The fourth-order valence-electron chi connectivity index (χ4n) is 3.40. The van der Waals surface area contributed by atoms with Gasteiger partial charge in [0.2, 0.25) is 6.29 Å². The summed E-state index contributed by atoms with van der Waals surface area (Å²) in [7, 11) is 0.